The van der Waals surface area contributed by atoms with Crippen molar-refractivity contribution in [1.82, 2.24) is 5.32 Å². The molecule has 186 valence electrons. The molecular weight excluding hydrogens is 484 g/mol. The third kappa shape index (κ3) is 7.40. The molecule has 9 heteroatoms. The van der Waals surface area contributed by atoms with Crippen molar-refractivity contribution in [3.63, 3.8) is 0 Å². The lowest BCUT2D eigenvalue weighted by Crippen LogP contribution is -2.31. The van der Waals surface area contributed by atoms with Crippen LogP contribution in [-0.4, -0.2) is 33.8 Å². The van der Waals surface area contributed by atoms with Crippen LogP contribution in [0.2, 0.25) is 0 Å². The van der Waals surface area contributed by atoms with Gasteiger partial charge in [0.15, 0.2) is 6.61 Å². The smallest absolute Gasteiger partial charge is 0.261 e. The average molecular weight is 515 g/mol. The monoisotopic (exact) mass is 514 g/mol. The molecule has 3 aromatic rings. The van der Waals surface area contributed by atoms with E-state index in [0.717, 1.165) is 10.5 Å². The van der Waals surface area contributed by atoms with E-state index in [-0.39, 0.29) is 23.5 Å². The van der Waals surface area contributed by atoms with Gasteiger partial charge in [0.25, 0.3) is 15.9 Å². The average Bonchev–Trinajstić information content (AvgIpc) is 2.84. The van der Waals surface area contributed by atoms with Gasteiger partial charge in [-0.3, -0.25) is 9.52 Å². The second-order valence-corrected chi connectivity index (χ2v) is 10.4. The van der Waals surface area contributed by atoms with Crippen molar-refractivity contribution in [3.8, 4) is 11.5 Å². The first kappa shape index (κ1) is 26.4. The maximum atomic E-state index is 12.8. The molecule has 0 aliphatic carbocycles. The number of sulfonamides is 1. The number of nitrogens with one attached hydrogen (secondary N) is 2. The highest BCUT2D eigenvalue weighted by Gasteiger charge is 2.17. The standard InChI is InChI=1S/C26H30N2O5S2/c1-5-32-22-10-8-21(9-11-22)28-35(30,31)24-14-15-25(18(2)16-24)33-17-26(29)27-19(3)20-6-12-23(34-4)13-7-20/h6-16,19,28H,5,17H2,1-4H3,(H,27,29). The number of benzene rings is 3. The van der Waals surface area contributed by atoms with Gasteiger partial charge in [-0.15, -0.1) is 11.8 Å². The van der Waals surface area contributed by atoms with E-state index in [1.165, 1.54) is 12.1 Å². The zero-order valence-electron chi connectivity index (χ0n) is 20.2. The van der Waals surface area contributed by atoms with Crippen molar-refractivity contribution in [1.29, 1.82) is 0 Å². The van der Waals surface area contributed by atoms with E-state index < -0.39 is 10.0 Å². The summed E-state index contributed by atoms with van der Waals surface area (Å²) in [6.45, 7) is 5.88. The SMILES string of the molecule is CCOc1ccc(NS(=O)(=O)c2ccc(OCC(=O)NC(C)c3ccc(SC)cc3)c(C)c2)cc1. The number of hydrogen-bond donors (Lipinski definition) is 2. The van der Waals surface area contributed by atoms with Crippen LogP contribution in [0.5, 0.6) is 11.5 Å². The molecule has 2 N–H and O–H groups in total. The van der Waals surface area contributed by atoms with E-state index in [0.29, 0.717) is 29.4 Å². The Balaban J connectivity index is 1.58. The highest BCUT2D eigenvalue weighted by molar-refractivity contribution is 7.98. The first-order chi connectivity index (χ1) is 16.7. The molecule has 3 rings (SSSR count). The highest BCUT2D eigenvalue weighted by Crippen LogP contribution is 2.25. The molecule has 0 aliphatic rings. The van der Waals surface area contributed by atoms with E-state index in [9.17, 15) is 13.2 Å². The molecule has 0 aromatic heterocycles. The normalized spacial score (nSPS) is 12.0. The van der Waals surface area contributed by atoms with Crippen molar-refractivity contribution < 1.29 is 22.7 Å². The van der Waals surface area contributed by atoms with E-state index in [4.69, 9.17) is 9.47 Å². The Morgan fingerprint density at radius 2 is 1.69 bits per heavy atom. The minimum absolute atomic E-state index is 0.1000. The third-order valence-electron chi connectivity index (χ3n) is 5.23. The molecule has 1 unspecified atom stereocenters. The molecule has 0 saturated carbocycles. The Kier molecular flexibility index (Phi) is 9.06. The number of rotatable bonds is 11. The molecule has 3 aromatic carbocycles. The van der Waals surface area contributed by atoms with Gasteiger partial charge in [-0.25, -0.2) is 8.42 Å². The third-order valence-corrected chi connectivity index (χ3v) is 7.35. The summed E-state index contributed by atoms with van der Waals surface area (Å²) in [5.41, 5.74) is 2.04. The molecule has 1 amide bonds. The van der Waals surface area contributed by atoms with Gasteiger partial charge < -0.3 is 14.8 Å². The highest BCUT2D eigenvalue weighted by atomic mass is 32.2. The van der Waals surface area contributed by atoms with Gasteiger partial charge in [-0.1, -0.05) is 12.1 Å². The van der Waals surface area contributed by atoms with Gasteiger partial charge in [0.1, 0.15) is 11.5 Å². The van der Waals surface area contributed by atoms with Gasteiger partial charge in [-0.2, -0.15) is 0 Å². The molecule has 0 aliphatic heterocycles. The Labute approximate surface area is 211 Å². The maximum Gasteiger partial charge on any atom is 0.261 e. The summed E-state index contributed by atoms with van der Waals surface area (Å²) < 4.78 is 39.2. The number of thioether (sulfide) groups is 1. The number of aryl methyl sites for hydroxylation is 1. The van der Waals surface area contributed by atoms with E-state index in [1.807, 2.05) is 44.4 Å². The lowest BCUT2D eigenvalue weighted by molar-refractivity contribution is -0.123. The van der Waals surface area contributed by atoms with Crippen molar-refractivity contribution >= 4 is 33.4 Å². The first-order valence-corrected chi connectivity index (χ1v) is 13.8. The number of hydrogen-bond acceptors (Lipinski definition) is 6. The second kappa shape index (κ2) is 12.0. The molecule has 7 nitrogen and oxygen atoms in total. The van der Waals surface area contributed by atoms with Crippen LogP contribution in [0.25, 0.3) is 0 Å². The number of carbonyl (C=O) groups excluding carboxylic acids is 1. The van der Waals surface area contributed by atoms with Crippen molar-refractivity contribution in [3.05, 3.63) is 77.9 Å². The largest absolute Gasteiger partial charge is 0.494 e. The molecular formula is C26H30N2O5S2. The fourth-order valence-electron chi connectivity index (χ4n) is 3.35. The molecule has 0 fully saturated rings. The van der Waals surface area contributed by atoms with Gasteiger partial charge >= 0.3 is 0 Å². The van der Waals surface area contributed by atoms with Crippen LogP contribution in [0.4, 0.5) is 5.69 Å². The van der Waals surface area contributed by atoms with E-state index in [1.54, 1.807) is 49.0 Å². The van der Waals surface area contributed by atoms with Crippen LogP contribution in [0.1, 0.15) is 31.0 Å². The number of anilines is 1. The van der Waals surface area contributed by atoms with Gasteiger partial charge in [0, 0.05) is 10.6 Å². The molecule has 0 heterocycles. The van der Waals surface area contributed by atoms with Crippen LogP contribution >= 0.6 is 11.8 Å². The number of amides is 1. The summed E-state index contributed by atoms with van der Waals surface area (Å²) >= 11 is 1.66. The van der Waals surface area contributed by atoms with Crippen LogP contribution in [-0.2, 0) is 14.8 Å². The topological polar surface area (TPSA) is 93.7 Å². The summed E-state index contributed by atoms with van der Waals surface area (Å²) in [4.78, 5) is 13.6. The maximum absolute atomic E-state index is 12.8. The Bertz CT molecular complexity index is 1240. The Hall–Kier alpha value is -3.17. The van der Waals surface area contributed by atoms with Gasteiger partial charge in [-0.05, 0) is 92.8 Å². The summed E-state index contributed by atoms with van der Waals surface area (Å²) in [5.74, 6) is 0.844. The van der Waals surface area contributed by atoms with Crippen molar-refractivity contribution in [2.75, 3.05) is 24.2 Å². The quantitative estimate of drug-likeness (QED) is 0.343. The van der Waals surface area contributed by atoms with Gasteiger partial charge in [0.05, 0.1) is 17.5 Å². The molecule has 35 heavy (non-hydrogen) atoms. The first-order valence-electron chi connectivity index (χ1n) is 11.1. The minimum atomic E-state index is -3.79. The molecule has 0 saturated heterocycles. The molecule has 0 radical (unpaired) electrons. The summed E-state index contributed by atoms with van der Waals surface area (Å²) in [5, 5.41) is 2.91. The molecule has 1 atom stereocenters. The van der Waals surface area contributed by atoms with Crippen molar-refractivity contribution in [2.45, 2.75) is 36.6 Å². The van der Waals surface area contributed by atoms with E-state index in [2.05, 4.69) is 10.0 Å². The molecule has 0 spiro atoms. The predicted molar refractivity (Wildman–Crippen MR) is 140 cm³/mol. The van der Waals surface area contributed by atoms with Crippen LogP contribution in [0.3, 0.4) is 0 Å². The minimum Gasteiger partial charge on any atom is -0.494 e. The fraction of sp³-hybridized carbons (Fsp3) is 0.269. The lowest BCUT2D eigenvalue weighted by atomic mass is 10.1. The predicted octanol–water partition coefficient (Wildman–Crippen LogP) is 5.17. The van der Waals surface area contributed by atoms with E-state index >= 15 is 0 Å². The summed E-state index contributed by atoms with van der Waals surface area (Å²) in [6, 6.07) is 19.1. The zero-order chi connectivity index (χ0) is 25.4. The Morgan fingerprint density at radius 1 is 1.00 bits per heavy atom. The van der Waals surface area contributed by atoms with Crippen LogP contribution in [0.15, 0.2) is 76.5 Å². The number of carbonyl (C=O) groups is 1. The van der Waals surface area contributed by atoms with Gasteiger partial charge in [0.2, 0.25) is 0 Å². The van der Waals surface area contributed by atoms with Crippen LogP contribution < -0.4 is 19.5 Å². The van der Waals surface area contributed by atoms with Crippen molar-refractivity contribution in [2.24, 2.45) is 0 Å². The summed E-state index contributed by atoms with van der Waals surface area (Å²) in [6.07, 6.45) is 2.01. The van der Waals surface area contributed by atoms with Crippen LogP contribution in [0, 0.1) is 6.92 Å². The second-order valence-electron chi connectivity index (χ2n) is 7.84. The fourth-order valence-corrected chi connectivity index (χ4v) is 4.90. The number of ether oxygens (including phenoxy) is 2. The zero-order valence-corrected chi connectivity index (χ0v) is 21.8. The summed E-state index contributed by atoms with van der Waals surface area (Å²) in [7, 11) is -3.79. The molecule has 0 bridgehead atoms. The Morgan fingerprint density at radius 3 is 2.29 bits per heavy atom. The lowest BCUT2D eigenvalue weighted by Gasteiger charge is -2.16.